The summed E-state index contributed by atoms with van der Waals surface area (Å²) in [5.74, 6) is 0.588. The molecule has 1 unspecified atom stereocenters. The van der Waals surface area contributed by atoms with Crippen LogP contribution >= 0.6 is 0 Å². The summed E-state index contributed by atoms with van der Waals surface area (Å²) >= 11 is 0. The van der Waals surface area contributed by atoms with Crippen LogP contribution in [0.1, 0.15) is 17.2 Å². The largest absolute Gasteiger partial charge is 0.493 e. The number of carbonyl (C=O) groups excluding carboxylic acids is 1. The Morgan fingerprint density at radius 2 is 2.00 bits per heavy atom. The smallest absolute Gasteiger partial charge is 0.267 e. The summed E-state index contributed by atoms with van der Waals surface area (Å²) in [5, 5.41) is 10.7. The number of amides is 1. The molecule has 2 aromatic rings. The maximum atomic E-state index is 13.5. The van der Waals surface area contributed by atoms with E-state index in [1.54, 1.807) is 25.3 Å². The fraction of sp³-hybridized carbons (Fsp3) is 0.200. The van der Waals surface area contributed by atoms with Gasteiger partial charge in [0.1, 0.15) is 18.5 Å². The number of aliphatic imine (C=N–C) groups is 1. The van der Waals surface area contributed by atoms with Crippen molar-refractivity contribution in [1.82, 2.24) is 10.4 Å². The van der Waals surface area contributed by atoms with E-state index in [-0.39, 0.29) is 0 Å². The van der Waals surface area contributed by atoms with Crippen LogP contribution in [0, 0.1) is 5.82 Å². The number of rotatable bonds is 4. The van der Waals surface area contributed by atoms with E-state index in [1.165, 1.54) is 24.3 Å². The summed E-state index contributed by atoms with van der Waals surface area (Å²) in [6, 6.07) is 8.99. The molecule has 7 nitrogen and oxygen atoms in total. The number of hydrogen-bond donors (Lipinski definition) is 2. The van der Waals surface area contributed by atoms with Gasteiger partial charge in [0.25, 0.3) is 5.91 Å². The van der Waals surface area contributed by atoms with Gasteiger partial charge in [-0.25, -0.2) is 14.4 Å². The number of nitrogens with one attached hydrogen (secondary N) is 1. The molecule has 4 rings (SSSR count). The summed E-state index contributed by atoms with van der Waals surface area (Å²) in [6.07, 6.45) is 1.89. The van der Waals surface area contributed by atoms with Crippen LogP contribution in [0.3, 0.4) is 0 Å². The highest BCUT2D eigenvalue weighted by molar-refractivity contribution is 6.10. The molecule has 0 spiro atoms. The minimum Gasteiger partial charge on any atom is -0.493 e. The molecule has 144 valence electrons. The van der Waals surface area contributed by atoms with Gasteiger partial charge in [0, 0.05) is 5.57 Å². The SMILES string of the molecule is COc1cc2c(cc1OC)C1C(=C2)C(=Nc2cccc(F)c2)NN1C(=O)CO. The van der Waals surface area contributed by atoms with Crippen LogP contribution in [0.25, 0.3) is 6.08 Å². The van der Waals surface area contributed by atoms with Gasteiger partial charge in [-0.3, -0.25) is 10.2 Å². The standard InChI is InChI=1S/C20H18FN3O4/c1-27-16-7-11-6-15-19(14(11)9-17(16)28-2)24(18(26)10-25)23-20(15)22-13-5-3-4-12(21)8-13/h3-9,19,25H,10H2,1-2H3,(H,22,23). The summed E-state index contributed by atoms with van der Waals surface area (Å²) in [5.41, 5.74) is 5.73. The van der Waals surface area contributed by atoms with Gasteiger partial charge in [0.2, 0.25) is 0 Å². The number of carbonyl (C=O) groups is 1. The third-order valence-corrected chi connectivity index (χ3v) is 4.70. The first kappa shape index (κ1) is 18.0. The number of nitrogens with zero attached hydrogens (tertiary/aromatic N) is 2. The maximum absolute atomic E-state index is 13.5. The highest BCUT2D eigenvalue weighted by atomic mass is 19.1. The zero-order chi connectivity index (χ0) is 19.8. The van der Waals surface area contributed by atoms with Crippen molar-refractivity contribution >= 4 is 23.5 Å². The number of hydrogen-bond acceptors (Lipinski definition) is 5. The average Bonchev–Trinajstić information content (AvgIpc) is 3.23. The van der Waals surface area contributed by atoms with Crippen molar-refractivity contribution in [2.24, 2.45) is 4.99 Å². The quantitative estimate of drug-likeness (QED) is 0.847. The number of methoxy groups -OCH3 is 2. The Kier molecular flexibility index (Phi) is 4.48. The molecular weight excluding hydrogens is 365 g/mol. The lowest BCUT2D eigenvalue weighted by molar-refractivity contribution is -0.137. The van der Waals surface area contributed by atoms with E-state index < -0.39 is 24.4 Å². The molecule has 1 atom stereocenters. The predicted octanol–water partition coefficient (Wildman–Crippen LogP) is 2.35. The molecule has 2 N–H and O–H groups in total. The third kappa shape index (κ3) is 2.87. The van der Waals surface area contributed by atoms with Crippen LogP contribution in [-0.2, 0) is 4.79 Å². The van der Waals surface area contributed by atoms with Crippen molar-refractivity contribution in [3.8, 4) is 11.5 Å². The van der Waals surface area contributed by atoms with Gasteiger partial charge >= 0.3 is 0 Å². The molecule has 2 aromatic carbocycles. The molecule has 0 bridgehead atoms. The molecular formula is C20H18FN3O4. The molecule has 1 aliphatic carbocycles. The second-order valence-corrected chi connectivity index (χ2v) is 6.31. The van der Waals surface area contributed by atoms with Crippen LogP contribution in [-0.4, -0.2) is 42.7 Å². The number of fused-ring (bicyclic) bond motifs is 3. The Hall–Kier alpha value is -3.39. The van der Waals surface area contributed by atoms with Crippen LogP contribution in [0.2, 0.25) is 0 Å². The molecule has 2 aliphatic rings. The van der Waals surface area contributed by atoms with Crippen LogP contribution in [0.5, 0.6) is 11.5 Å². The van der Waals surface area contributed by atoms with Crippen molar-refractivity contribution in [2.75, 3.05) is 20.8 Å². The van der Waals surface area contributed by atoms with Crippen molar-refractivity contribution in [2.45, 2.75) is 6.04 Å². The first-order chi connectivity index (χ1) is 13.5. The van der Waals surface area contributed by atoms with E-state index in [1.807, 2.05) is 12.1 Å². The molecule has 1 heterocycles. The van der Waals surface area contributed by atoms with Crippen LogP contribution in [0.4, 0.5) is 10.1 Å². The molecule has 1 aliphatic heterocycles. The molecule has 1 saturated heterocycles. The van der Waals surface area contributed by atoms with Crippen molar-refractivity contribution in [3.63, 3.8) is 0 Å². The Balaban J connectivity index is 1.82. The second-order valence-electron chi connectivity index (χ2n) is 6.31. The van der Waals surface area contributed by atoms with Gasteiger partial charge in [0.15, 0.2) is 17.3 Å². The lowest BCUT2D eigenvalue weighted by Crippen LogP contribution is -2.41. The van der Waals surface area contributed by atoms with E-state index in [2.05, 4.69) is 10.4 Å². The number of aliphatic hydroxyl groups excluding tert-OH is 1. The third-order valence-electron chi connectivity index (χ3n) is 4.70. The number of ether oxygens (including phenoxy) is 2. The van der Waals surface area contributed by atoms with E-state index in [9.17, 15) is 14.3 Å². The zero-order valence-electron chi connectivity index (χ0n) is 15.3. The fourth-order valence-corrected chi connectivity index (χ4v) is 3.45. The first-order valence-electron chi connectivity index (χ1n) is 8.57. The van der Waals surface area contributed by atoms with Gasteiger partial charge in [-0.1, -0.05) is 6.07 Å². The minimum absolute atomic E-state index is 0.405. The van der Waals surface area contributed by atoms with Gasteiger partial charge < -0.3 is 14.6 Å². The number of halogens is 1. The van der Waals surface area contributed by atoms with Crippen molar-refractivity contribution in [1.29, 1.82) is 0 Å². The van der Waals surface area contributed by atoms with E-state index in [4.69, 9.17) is 9.47 Å². The summed E-state index contributed by atoms with van der Waals surface area (Å²) < 4.78 is 24.2. The van der Waals surface area contributed by atoms with Crippen molar-refractivity contribution in [3.05, 3.63) is 58.9 Å². The highest BCUT2D eigenvalue weighted by Crippen LogP contribution is 2.46. The van der Waals surface area contributed by atoms with Crippen LogP contribution in [0.15, 0.2) is 47.0 Å². The topological polar surface area (TPSA) is 83.4 Å². The summed E-state index contributed by atoms with van der Waals surface area (Å²) in [4.78, 5) is 16.8. The first-order valence-corrected chi connectivity index (χ1v) is 8.57. The van der Waals surface area contributed by atoms with E-state index >= 15 is 0 Å². The minimum atomic E-state index is -0.660. The molecule has 0 saturated carbocycles. The van der Waals surface area contributed by atoms with Gasteiger partial charge in [-0.05, 0) is 47.5 Å². The Bertz CT molecular complexity index is 1020. The van der Waals surface area contributed by atoms with Crippen LogP contribution < -0.4 is 14.9 Å². The van der Waals surface area contributed by atoms with Gasteiger partial charge in [-0.2, -0.15) is 0 Å². The Morgan fingerprint density at radius 1 is 1.25 bits per heavy atom. The van der Waals surface area contributed by atoms with Crippen molar-refractivity contribution < 1.29 is 23.8 Å². The molecule has 0 radical (unpaired) electrons. The normalized spacial score (nSPS) is 18.4. The fourth-order valence-electron chi connectivity index (χ4n) is 3.45. The Morgan fingerprint density at radius 3 is 2.68 bits per heavy atom. The summed E-state index contributed by atoms with van der Waals surface area (Å²) in [7, 11) is 3.08. The number of benzene rings is 2. The molecule has 1 fully saturated rings. The number of aliphatic hydroxyl groups is 1. The predicted molar refractivity (Wildman–Crippen MR) is 101 cm³/mol. The number of hydrazine groups is 1. The molecule has 0 aromatic heterocycles. The van der Waals surface area contributed by atoms with E-state index in [0.717, 1.165) is 16.7 Å². The Labute approximate surface area is 160 Å². The lowest BCUT2D eigenvalue weighted by Gasteiger charge is -2.23. The van der Waals surface area contributed by atoms with Gasteiger partial charge in [0.05, 0.1) is 19.9 Å². The average molecular weight is 383 g/mol. The summed E-state index contributed by atoms with van der Waals surface area (Å²) in [6.45, 7) is -0.660. The highest BCUT2D eigenvalue weighted by Gasteiger charge is 2.42. The zero-order valence-corrected chi connectivity index (χ0v) is 15.3. The lowest BCUT2D eigenvalue weighted by atomic mass is 10.0. The van der Waals surface area contributed by atoms with E-state index in [0.29, 0.717) is 23.0 Å². The molecule has 28 heavy (non-hydrogen) atoms. The second kappa shape index (κ2) is 6.97. The van der Waals surface area contributed by atoms with Gasteiger partial charge in [-0.15, -0.1) is 0 Å². The molecule has 8 heteroatoms. The molecule has 1 amide bonds. The monoisotopic (exact) mass is 383 g/mol. The maximum Gasteiger partial charge on any atom is 0.267 e. The number of amidine groups is 1.